The minimum Gasteiger partial charge on any atom is -0.479 e. The molecule has 0 aliphatic rings. The van der Waals surface area contributed by atoms with Crippen LogP contribution < -0.4 is 0 Å². The average molecular weight is 262 g/mol. The van der Waals surface area contributed by atoms with Crippen LogP contribution in [-0.4, -0.2) is 34.7 Å². The van der Waals surface area contributed by atoms with Crippen molar-refractivity contribution in [3.8, 4) is 0 Å². The van der Waals surface area contributed by atoms with E-state index in [0.717, 1.165) is 24.3 Å². The summed E-state index contributed by atoms with van der Waals surface area (Å²) in [7, 11) is 0. The molecule has 0 aliphatic carbocycles. The molecule has 0 rings (SSSR count). The van der Waals surface area contributed by atoms with Crippen LogP contribution in [0.2, 0.25) is 0 Å². The van der Waals surface area contributed by atoms with E-state index in [1.807, 2.05) is 6.92 Å². The molecule has 0 amide bonds. The molecule has 0 aliphatic heterocycles. The summed E-state index contributed by atoms with van der Waals surface area (Å²) in [6.07, 6.45) is 2.64. The quantitative estimate of drug-likeness (QED) is 0.484. The first-order valence-electron chi connectivity index (χ1n) is 6.11. The Kier molecular flexibility index (Phi) is 10.0. The normalized spacial score (nSPS) is 12.1. The molecule has 0 aromatic heterocycles. The van der Waals surface area contributed by atoms with Crippen molar-refractivity contribution in [2.24, 2.45) is 0 Å². The fourth-order valence-electron chi connectivity index (χ4n) is 1.19. The van der Waals surface area contributed by atoms with Crippen molar-refractivity contribution in [3.05, 3.63) is 0 Å². The molecule has 0 saturated heterocycles. The average Bonchev–Trinajstić information content (AvgIpc) is 2.27. The van der Waals surface area contributed by atoms with Crippen LogP contribution in [0.1, 0.15) is 46.0 Å². The van der Waals surface area contributed by atoms with Crippen molar-refractivity contribution >= 4 is 23.7 Å². The molecule has 0 heterocycles. The molecule has 0 fully saturated rings. The Balaban J connectivity index is 3.83. The molecule has 0 saturated carbocycles. The molecule has 1 atom stereocenters. The summed E-state index contributed by atoms with van der Waals surface area (Å²) in [6, 6.07) is 0. The summed E-state index contributed by atoms with van der Waals surface area (Å²) in [5.41, 5.74) is 0. The monoisotopic (exact) mass is 262 g/mol. The number of hydrogen-bond acceptors (Lipinski definition) is 4. The first-order chi connectivity index (χ1) is 8.11. The van der Waals surface area contributed by atoms with E-state index in [4.69, 9.17) is 9.84 Å². The van der Waals surface area contributed by atoms with Crippen LogP contribution in [0.4, 0.5) is 0 Å². The Morgan fingerprint density at radius 1 is 1.24 bits per heavy atom. The molecule has 0 bridgehead atoms. The lowest BCUT2D eigenvalue weighted by molar-refractivity contribution is -0.164. The largest absolute Gasteiger partial charge is 0.479 e. The Hall–Kier alpha value is -0.710. The van der Waals surface area contributed by atoms with E-state index in [2.05, 4.69) is 6.92 Å². The Labute approximate surface area is 107 Å². The van der Waals surface area contributed by atoms with Crippen LogP contribution in [0.5, 0.6) is 0 Å². The van der Waals surface area contributed by atoms with Crippen LogP contribution in [0.25, 0.3) is 0 Å². The molecular weight excluding hydrogens is 240 g/mol. The van der Waals surface area contributed by atoms with Gasteiger partial charge in [0.25, 0.3) is 0 Å². The topological polar surface area (TPSA) is 63.6 Å². The van der Waals surface area contributed by atoms with Crippen LogP contribution in [0.15, 0.2) is 0 Å². The smallest absolute Gasteiger partial charge is 0.345 e. The Morgan fingerprint density at radius 3 is 2.47 bits per heavy atom. The van der Waals surface area contributed by atoms with Crippen molar-refractivity contribution in [1.82, 2.24) is 0 Å². The van der Waals surface area contributed by atoms with Crippen LogP contribution in [0, 0.1) is 0 Å². The van der Waals surface area contributed by atoms with Gasteiger partial charge in [-0.3, -0.25) is 4.79 Å². The Morgan fingerprint density at radius 2 is 1.94 bits per heavy atom. The van der Waals surface area contributed by atoms with Crippen molar-refractivity contribution in [2.75, 3.05) is 11.5 Å². The lowest BCUT2D eigenvalue weighted by atomic mass is 10.3. The minimum atomic E-state index is -1.05. The minimum absolute atomic E-state index is 0.284. The van der Waals surface area contributed by atoms with Gasteiger partial charge in [0.15, 0.2) is 6.10 Å². The van der Waals surface area contributed by atoms with Gasteiger partial charge < -0.3 is 9.84 Å². The van der Waals surface area contributed by atoms with E-state index in [1.165, 1.54) is 0 Å². The van der Waals surface area contributed by atoms with E-state index in [-0.39, 0.29) is 6.42 Å². The van der Waals surface area contributed by atoms with E-state index >= 15 is 0 Å². The molecule has 100 valence electrons. The maximum Gasteiger partial charge on any atom is 0.345 e. The molecule has 1 N–H and O–H groups in total. The van der Waals surface area contributed by atoms with Gasteiger partial charge >= 0.3 is 11.9 Å². The second kappa shape index (κ2) is 10.4. The fourth-order valence-corrected chi connectivity index (χ4v) is 2.27. The molecule has 1 unspecified atom stereocenters. The SMILES string of the molecule is CCCCSCCC(OC(=O)CCC)C(=O)O. The highest BCUT2D eigenvalue weighted by atomic mass is 32.2. The van der Waals surface area contributed by atoms with Gasteiger partial charge in [-0.15, -0.1) is 0 Å². The highest BCUT2D eigenvalue weighted by Gasteiger charge is 2.21. The summed E-state index contributed by atoms with van der Waals surface area (Å²) in [4.78, 5) is 22.1. The predicted octanol–water partition coefficient (Wildman–Crippen LogP) is 2.71. The molecule has 0 spiro atoms. The van der Waals surface area contributed by atoms with Gasteiger partial charge in [-0.2, -0.15) is 11.8 Å². The van der Waals surface area contributed by atoms with Crippen molar-refractivity contribution in [2.45, 2.75) is 52.1 Å². The maximum absolute atomic E-state index is 11.2. The number of unbranched alkanes of at least 4 members (excludes halogenated alkanes) is 1. The fraction of sp³-hybridized carbons (Fsp3) is 0.833. The van der Waals surface area contributed by atoms with Gasteiger partial charge in [0.05, 0.1) is 0 Å². The second-order valence-corrected chi connectivity index (χ2v) is 5.05. The zero-order valence-electron chi connectivity index (χ0n) is 10.6. The zero-order valence-corrected chi connectivity index (χ0v) is 11.4. The van der Waals surface area contributed by atoms with Gasteiger partial charge in [0, 0.05) is 12.8 Å². The third-order valence-corrected chi connectivity index (χ3v) is 3.27. The van der Waals surface area contributed by atoms with E-state index in [0.29, 0.717) is 12.8 Å². The number of carbonyl (C=O) groups is 2. The third-order valence-electron chi connectivity index (χ3n) is 2.17. The van der Waals surface area contributed by atoms with Crippen molar-refractivity contribution in [1.29, 1.82) is 0 Å². The lowest BCUT2D eigenvalue weighted by Gasteiger charge is -2.13. The van der Waals surface area contributed by atoms with Gasteiger partial charge in [0.2, 0.25) is 0 Å². The van der Waals surface area contributed by atoms with Crippen LogP contribution in [-0.2, 0) is 14.3 Å². The van der Waals surface area contributed by atoms with Crippen LogP contribution >= 0.6 is 11.8 Å². The summed E-state index contributed by atoms with van der Waals surface area (Å²) in [5.74, 6) is 0.284. The number of aliphatic carboxylic acids is 1. The second-order valence-electron chi connectivity index (χ2n) is 3.82. The number of thioether (sulfide) groups is 1. The molecule has 17 heavy (non-hydrogen) atoms. The van der Waals surface area contributed by atoms with E-state index in [1.54, 1.807) is 11.8 Å². The zero-order chi connectivity index (χ0) is 13.1. The predicted molar refractivity (Wildman–Crippen MR) is 69.3 cm³/mol. The summed E-state index contributed by atoms with van der Waals surface area (Å²) >= 11 is 1.71. The number of carbonyl (C=O) groups excluding carboxylic acids is 1. The van der Waals surface area contributed by atoms with Gasteiger partial charge in [0.1, 0.15) is 0 Å². The van der Waals surface area contributed by atoms with E-state index in [9.17, 15) is 9.59 Å². The summed E-state index contributed by atoms with van der Waals surface area (Å²) in [5, 5.41) is 8.91. The maximum atomic E-state index is 11.2. The number of ether oxygens (including phenoxy) is 1. The summed E-state index contributed by atoms with van der Waals surface area (Å²) < 4.78 is 4.91. The first-order valence-corrected chi connectivity index (χ1v) is 7.27. The van der Waals surface area contributed by atoms with Crippen molar-refractivity contribution in [3.63, 3.8) is 0 Å². The molecule has 4 nitrogen and oxygen atoms in total. The van der Waals surface area contributed by atoms with E-state index < -0.39 is 18.0 Å². The van der Waals surface area contributed by atoms with Crippen LogP contribution in [0.3, 0.4) is 0 Å². The number of rotatable bonds is 10. The third kappa shape index (κ3) is 9.03. The number of carboxylic acids is 1. The summed E-state index contributed by atoms with van der Waals surface area (Å²) in [6.45, 7) is 3.98. The number of hydrogen-bond donors (Lipinski definition) is 1. The molecule has 5 heteroatoms. The number of esters is 1. The molecule has 0 aromatic rings. The number of carboxylic acid groups (broad SMARTS) is 1. The standard InChI is InChI=1S/C12H22O4S/c1-3-5-8-17-9-7-10(12(14)15)16-11(13)6-4-2/h10H,3-9H2,1-2H3,(H,14,15). The molecular formula is C12H22O4S. The Bertz CT molecular complexity index is 231. The van der Waals surface area contributed by atoms with Crippen molar-refractivity contribution < 1.29 is 19.4 Å². The van der Waals surface area contributed by atoms with Gasteiger partial charge in [-0.05, 0) is 24.3 Å². The molecule has 0 radical (unpaired) electrons. The van der Waals surface area contributed by atoms with Gasteiger partial charge in [-0.1, -0.05) is 20.3 Å². The lowest BCUT2D eigenvalue weighted by Crippen LogP contribution is -2.27. The highest BCUT2D eigenvalue weighted by molar-refractivity contribution is 7.99. The molecule has 0 aromatic carbocycles. The van der Waals surface area contributed by atoms with Gasteiger partial charge in [-0.25, -0.2) is 4.79 Å². The first kappa shape index (κ1) is 16.3. The highest BCUT2D eigenvalue weighted by Crippen LogP contribution is 2.11.